The van der Waals surface area contributed by atoms with Gasteiger partial charge in [0, 0.05) is 24.3 Å². The Hall–Kier alpha value is -0.580. The molecule has 2 atom stereocenters. The van der Waals surface area contributed by atoms with Crippen LogP contribution in [0.3, 0.4) is 0 Å². The molecule has 1 aliphatic heterocycles. The minimum Gasteiger partial charge on any atom is -0.344 e. The molecule has 5 heteroatoms. The molecule has 22 heavy (non-hydrogen) atoms. The fraction of sp³-hybridized carbons (Fsp3) is 0.882. The molecule has 0 saturated carbocycles. The summed E-state index contributed by atoms with van der Waals surface area (Å²) < 4.78 is 0. The van der Waals surface area contributed by atoms with Gasteiger partial charge < -0.3 is 10.2 Å². The molecule has 0 aromatic carbocycles. The molecule has 128 valence electrons. The quantitative estimate of drug-likeness (QED) is 0.547. The molecule has 1 N–H and O–H groups in total. The summed E-state index contributed by atoms with van der Waals surface area (Å²) in [7, 11) is 0. The number of carbonyl (C=O) groups is 2. The molecule has 1 rings (SSSR count). The Balaban J connectivity index is 2.61. The molecule has 0 spiro atoms. The van der Waals surface area contributed by atoms with Crippen LogP contribution in [-0.4, -0.2) is 40.7 Å². The zero-order valence-electron chi connectivity index (χ0n) is 14.5. The maximum atomic E-state index is 12.8. The molecule has 2 amide bonds. The number of amides is 2. The Bertz CT molecular complexity index is 379. The van der Waals surface area contributed by atoms with Gasteiger partial charge in [0.25, 0.3) is 0 Å². The van der Waals surface area contributed by atoms with Crippen molar-refractivity contribution in [3.05, 3.63) is 0 Å². The van der Waals surface area contributed by atoms with Gasteiger partial charge in [-0.3, -0.25) is 9.59 Å². The van der Waals surface area contributed by atoms with Crippen molar-refractivity contribution >= 4 is 27.7 Å². The van der Waals surface area contributed by atoms with Gasteiger partial charge >= 0.3 is 0 Å². The van der Waals surface area contributed by atoms with E-state index in [4.69, 9.17) is 0 Å². The van der Waals surface area contributed by atoms with Gasteiger partial charge in [-0.05, 0) is 38.0 Å². The zero-order chi connectivity index (χ0) is 16.8. The van der Waals surface area contributed by atoms with Crippen molar-refractivity contribution in [1.29, 1.82) is 0 Å². The van der Waals surface area contributed by atoms with Crippen LogP contribution in [-0.2, 0) is 9.59 Å². The molecule has 0 aromatic rings. The second-order valence-electron chi connectivity index (χ2n) is 7.39. The predicted molar refractivity (Wildman–Crippen MR) is 94.1 cm³/mol. The van der Waals surface area contributed by atoms with Crippen LogP contribution in [0.25, 0.3) is 0 Å². The van der Waals surface area contributed by atoms with Crippen molar-refractivity contribution in [2.75, 3.05) is 11.9 Å². The molecule has 1 fully saturated rings. The molecule has 1 saturated heterocycles. The number of halogens is 1. The Morgan fingerprint density at radius 3 is 2.45 bits per heavy atom. The minimum atomic E-state index is -0.434. The Kier molecular flexibility index (Phi) is 7.87. The highest BCUT2D eigenvalue weighted by molar-refractivity contribution is 9.09. The van der Waals surface area contributed by atoms with Crippen LogP contribution >= 0.6 is 15.9 Å². The van der Waals surface area contributed by atoms with E-state index in [2.05, 4.69) is 28.2 Å². The van der Waals surface area contributed by atoms with Crippen LogP contribution in [0.1, 0.15) is 66.2 Å². The van der Waals surface area contributed by atoms with Crippen molar-refractivity contribution < 1.29 is 9.59 Å². The lowest BCUT2D eigenvalue weighted by atomic mass is 9.85. The third-order valence-electron chi connectivity index (χ3n) is 4.29. The zero-order valence-corrected chi connectivity index (χ0v) is 16.0. The van der Waals surface area contributed by atoms with Crippen molar-refractivity contribution in [1.82, 2.24) is 10.2 Å². The third-order valence-corrected chi connectivity index (χ3v) is 4.85. The second kappa shape index (κ2) is 8.90. The monoisotopic (exact) mass is 374 g/mol. The van der Waals surface area contributed by atoms with Crippen LogP contribution in [0.15, 0.2) is 0 Å². The first-order chi connectivity index (χ1) is 10.3. The smallest absolute Gasteiger partial charge is 0.245 e. The first-order valence-corrected chi connectivity index (χ1v) is 9.55. The maximum Gasteiger partial charge on any atom is 0.245 e. The SMILES string of the molecule is CC1CCCN1C(=O)C(NC(=O)CCCCCBr)C(C)(C)C. The van der Waals surface area contributed by atoms with E-state index in [1.54, 1.807) is 0 Å². The summed E-state index contributed by atoms with van der Waals surface area (Å²) in [5.74, 6) is 0.0704. The van der Waals surface area contributed by atoms with Crippen molar-refractivity contribution in [3.8, 4) is 0 Å². The molecular weight excluding hydrogens is 344 g/mol. The van der Waals surface area contributed by atoms with Gasteiger partial charge in [0.05, 0.1) is 0 Å². The first-order valence-electron chi connectivity index (χ1n) is 8.43. The lowest BCUT2D eigenvalue weighted by Gasteiger charge is -2.35. The number of nitrogens with zero attached hydrogens (tertiary/aromatic N) is 1. The number of rotatable bonds is 7. The number of hydrogen-bond donors (Lipinski definition) is 1. The number of alkyl halides is 1. The fourth-order valence-corrected chi connectivity index (χ4v) is 3.26. The molecule has 0 aliphatic carbocycles. The Labute approximate surface area is 143 Å². The van der Waals surface area contributed by atoms with Crippen LogP contribution in [0.5, 0.6) is 0 Å². The van der Waals surface area contributed by atoms with E-state index in [9.17, 15) is 9.59 Å². The summed E-state index contributed by atoms with van der Waals surface area (Å²) in [6, 6.07) is -0.148. The second-order valence-corrected chi connectivity index (χ2v) is 8.18. The third kappa shape index (κ3) is 5.90. The van der Waals surface area contributed by atoms with Crippen LogP contribution in [0, 0.1) is 5.41 Å². The summed E-state index contributed by atoms with van der Waals surface area (Å²) >= 11 is 3.39. The summed E-state index contributed by atoms with van der Waals surface area (Å²) in [4.78, 5) is 26.9. The van der Waals surface area contributed by atoms with Crippen molar-refractivity contribution in [2.24, 2.45) is 5.41 Å². The van der Waals surface area contributed by atoms with E-state index in [-0.39, 0.29) is 23.3 Å². The Morgan fingerprint density at radius 2 is 1.95 bits per heavy atom. The topological polar surface area (TPSA) is 49.4 Å². The van der Waals surface area contributed by atoms with E-state index in [1.165, 1.54) is 0 Å². The van der Waals surface area contributed by atoms with Gasteiger partial charge in [-0.2, -0.15) is 0 Å². The van der Waals surface area contributed by atoms with Gasteiger partial charge in [-0.1, -0.05) is 43.1 Å². The lowest BCUT2D eigenvalue weighted by molar-refractivity contribution is -0.140. The molecule has 2 unspecified atom stereocenters. The molecule has 1 heterocycles. The van der Waals surface area contributed by atoms with E-state index < -0.39 is 6.04 Å². The summed E-state index contributed by atoms with van der Waals surface area (Å²) in [5.41, 5.74) is -0.273. The number of nitrogens with one attached hydrogen (secondary N) is 1. The van der Waals surface area contributed by atoms with Crippen molar-refractivity contribution in [2.45, 2.75) is 78.3 Å². The molecule has 0 bridgehead atoms. The number of carbonyl (C=O) groups excluding carboxylic acids is 2. The molecule has 4 nitrogen and oxygen atoms in total. The van der Waals surface area contributed by atoms with E-state index >= 15 is 0 Å². The molecule has 0 radical (unpaired) electrons. The number of unbranched alkanes of at least 4 members (excludes halogenated alkanes) is 2. The van der Waals surface area contributed by atoms with Crippen LogP contribution < -0.4 is 5.32 Å². The van der Waals surface area contributed by atoms with Gasteiger partial charge in [-0.25, -0.2) is 0 Å². The van der Waals surface area contributed by atoms with E-state index in [1.807, 2.05) is 25.7 Å². The standard InChI is InChI=1S/C17H31BrN2O2/c1-13-9-8-12-20(13)16(22)15(17(2,3)4)19-14(21)10-6-5-7-11-18/h13,15H,5-12H2,1-4H3,(H,19,21). The highest BCUT2D eigenvalue weighted by atomic mass is 79.9. The number of likely N-dealkylation sites (tertiary alicyclic amines) is 1. The minimum absolute atomic E-state index is 0.00491. The molecular formula is C17H31BrN2O2. The lowest BCUT2D eigenvalue weighted by Crippen LogP contribution is -2.55. The average molecular weight is 375 g/mol. The van der Waals surface area contributed by atoms with Gasteiger partial charge in [0.2, 0.25) is 11.8 Å². The summed E-state index contributed by atoms with van der Waals surface area (Å²) in [6.45, 7) is 8.95. The van der Waals surface area contributed by atoms with Gasteiger partial charge in [0.15, 0.2) is 0 Å². The van der Waals surface area contributed by atoms with Crippen LogP contribution in [0.4, 0.5) is 0 Å². The predicted octanol–water partition coefficient (Wildman–Crippen LogP) is 3.48. The summed E-state index contributed by atoms with van der Waals surface area (Å²) in [6.07, 6.45) is 5.62. The van der Waals surface area contributed by atoms with Crippen molar-refractivity contribution in [3.63, 3.8) is 0 Å². The van der Waals surface area contributed by atoms with E-state index in [0.717, 1.165) is 44.0 Å². The van der Waals surface area contributed by atoms with E-state index in [0.29, 0.717) is 6.42 Å². The fourth-order valence-electron chi connectivity index (χ4n) is 2.87. The normalized spacial score (nSPS) is 20.0. The summed E-state index contributed by atoms with van der Waals surface area (Å²) in [5, 5.41) is 3.97. The van der Waals surface area contributed by atoms with Gasteiger partial charge in [0.1, 0.15) is 6.04 Å². The first kappa shape index (κ1) is 19.5. The average Bonchev–Trinajstić information content (AvgIpc) is 2.85. The Morgan fingerprint density at radius 1 is 1.27 bits per heavy atom. The highest BCUT2D eigenvalue weighted by Gasteiger charge is 2.38. The largest absolute Gasteiger partial charge is 0.344 e. The maximum absolute atomic E-state index is 12.8. The molecule has 0 aromatic heterocycles. The number of hydrogen-bond acceptors (Lipinski definition) is 2. The highest BCUT2D eigenvalue weighted by Crippen LogP contribution is 2.25. The van der Waals surface area contributed by atoms with Gasteiger partial charge in [-0.15, -0.1) is 0 Å². The molecule has 1 aliphatic rings. The van der Waals surface area contributed by atoms with Crippen LogP contribution in [0.2, 0.25) is 0 Å².